The summed E-state index contributed by atoms with van der Waals surface area (Å²) >= 11 is 0. The minimum absolute atomic E-state index is 0.0592. The van der Waals surface area contributed by atoms with Gasteiger partial charge in [0, 0.05) is 12.1 Å². The molecule has 0 atom stereocenters. The fraction of sp³-hybridized carbons (Fsp3) is 0.304. The minimum Gasteiger partial charge on any atom is -0.467 e. The van der Waals surface area contributed by atoms with E-state index in [1.807, 2.05) is 36.4 Å². The molecule has 0 saturated heterocycles. The highest BCUT2D eigenvalue weighted by Crippen LogP contribution is 2.22. The summed E-state index contributed by atoms with van der Waals surface area (Å²) in [6.45, 7) is 7.92. The van der Waals surface area contributed by atoms with Crippen LogP contribution >= 0.6 is 0 Å². The van der Waals surface area contributed by atoms with Crippen molar-refractivity contribution in [3.63, 3.8) is 0 Å². The number of hydrogen-bond donors (Lipinski definition) is 2. The number of amides is 1. The van der Waals surface area contributed by atoms with E-state index in [2.05, 4.69) is 46.5 Å². The number of anilines is 1. The summed E-state index contributed by atoms with van der Waals surface area (Å²) in [4.78, 5) is 21.1. The average Bonchev–Trinajstić information content (AvgIpc) is 3.42. The first kappa shape index (κ1) is 20.6. The number of fused-ring (bicyclic) bond motifs is 1. The third-order valence-electron chi connectivity index (χ3n) is 5.07. The van der Waals surface area contributed by atoms with Gasteiger partial charge in [-0.15, -0.1) is 0 Å². The van der Waals surface area contributed by atoms with Crippen molar-refractivity contribution >= 4 is 22.8 Å². The van der Waals surface area contributed by atoms with Crippen LogP contribution in [0, 0.1) is 0 Å². The number of benzene rings is 1. The van der Waals surface area contributed by atoms with Crippen LogP contribution in [0.25, 0.3) is 11.0 Å². The second kappa shape index (κ2) is 8.59. The molecule has 0 unspecified atom stereocenters. The maximum Gasteiger partial charge on any atom is 0.251 e. The van der Waals surface area contributed by atoms with Gasteiger partial charge in [0.25, 0.3) is 5.91 Å². The Hall–Kier alpha value is -3.68. The summed E-state index contributed by atoms with van der Waals surface area (Å²) in [5.74, 6) is 1.40. The van der Waals surface area contributed by atoms with Crippen molar-refractivity contribution in [3.05, 3.63) is 72.1 Å². The molecule has 3 heterocycles. The van der Waals surface area contributed by atoms with Gasteiger partial charge in [0.1, 0.15) is 17.9 Å². The number of aromatic nitrogens is 4. The lowest BCUT2D eigenvalue weighted by molar-refractivity contribution is 0.0952. The molecule has 0 radical (unpaired) electrons. The van der Waals surface area contributed by atoms with Gasteiger partial charge in [-0.25, -0.2) is 14.6 Å². The van der Waals surface area contributed by atoms with Gasteiger partial charge in [0.2, 0.25) is 0 Å². The minimum atomic E-state index is -0.104. The van der Waals surface area contributed by atoms with Crippen molar-refractivity contribution in [3.8, 4) is 0 Å². The molecule has 0 fully saturated rings. The van der Waals surface area contributed by atoms with Crippen molar-refractivity contribution in [2.24, 2.45) is 0 Å². The van der Waals surface area contributed by atoms with Crippen LogP contribution in [0.2, 0.25) is 0 Å². The van der Waals surface area contributed by atoms with Gasteiger partial charge in [-0.3, -0.25) is 4.79 Å². The number of nitrogens with zero attached hydrogens (tertiary/aromatic N) is 4. The quantitative estimate of drug-likeness (QED) is 0.474. The molecular weight excluding hydrogens is 392 g/mol. The molecule has 0 aliphatic rings. The first-order valence-corrected chi connectivity index (χ1v) is 10.2. The van der Waals surface area contributed by atoms with Crippen molar-refractivity contribution in [2.75, 3.05) is 11.9 Å². The van der Waals surface area contributed by atoms with Crippen LogP contribution in [-0.4, -0.2) is 32.2 Å². The topological polar surface area (TPSA) is 97.9 Å². The van der Waals surface area contributed by atoms with Gasteiger partial charge in [0.15, 0.2) is 5.65 Å². The predicted molar refractivity (Wildman–Crippen MR) is 119 cm³/mol. The molecule has 0 aliphatic heterocycles. The Bertz CT molecular complexity index is 1160. The van der Waals surface area contributed by atoms with Gasteiger partial charge in [-0.1, -0.05) is 32.9 Å². The van der Waals surface area contributed by atoms with E-state index in [1.54, 1.807) is 17.1 Å². The van der Waals surface area contributed by atoms with Gasteiger partial charge in [-0.2, -0.15) is 5.10 Å². The monoisotopic (exact) mass is 418 g/mol. The SMILES string of the molecule is CC(C)(C)c1ccc(C(=O)NCCn2ncc3c(NCc4ccco4)ncnc32)cc1. The molecule has 0 aliphatic carbocycles. The van der Waals surface area contributed by atoms with E-state index in [0.717, 1.165) is 11.1 Å². The maximum atomic E-state index is 12.5. The van der Waals surface area contributed by atoms with Crippen LogP contribution in [0.15, 0.2) is 59.6 Å². The van der Waals surface area contributed by atoms with Crippen LogP contribution in [0.1, 0.15) is 42.5 Å². The fourth-order valence-electron chi connectivity index (χ4n) is 3.28. The molecule has 4 rings (SSSR count). The van der Waals surface area contributed by atoms with Gasteiger partial charge in [-0.05, 0) is 35.2 Å². The van der Waals surface area contributed by atoms with Crippen LogP contribution < -0.4 is 10.6 Å². The van der Waals surface area contributed by atoms with E-state index in [-0.39, 0.29) is 11.3 Å². The van der Waals surface area contributed by atoms with Crippen molar-refractivity contribution in [2.45, 2.75) is 39.3 Å². The maximum absolute atomic E-state index is 12.5. The smallest absolute Gasteiger partial charge is 0.251 e. The zero-order chi connectivity index (χ0) is 21.8. The summed E-state index contributed by atoms with van der Waals surface area (Å²) in [5, 5.41) is 11.4. The molecule has 2 N–H and O–H groups in total. The number of hydrogen-bond acceptors (Lipinski definition) is 6. The first-order chi connectivity index (χ1) is 14.9. The molecule has 160 valence electrons. The number of rotatable bonds is 7. The summed E-state index contributed by atoms with van der Waals surface area (Å²) in [6.07, 6.45) is 4.87. The van der Waals surface area contributed by atoms with Gasteiger partial charge >= 0.3 is 0 Å². The summed E-state index contributed by atoms with van der Waals surface area (Å²) in [5.41, 5.74) is 2.61. The van der Waals surface area contributed by atoms with E-state index in [4.69, 9.17) is 4.42 Å². The van der Waals surface area contributed by atoms with E-state index in [0.29, 0.717) is 36.7 Å². The number of furan rings is 1. The highest BCUT2D eigenvalue weighted by Gasteiger charge is 2.14. The molecule has 31 heavy (non-hydrogen) atoms. The lowest BCUT2D eigenvalue weighted by Crippen LogP contribution is -2.27. The fourth-order valence-corrected chi connectivity index (χ4v) is 3.28. The number of carbonyl (C=O) groups is 1. The third kappa shape index (κ3) is 4.74. The molecule has 1 amide bonds. The molecule has 3 aromatic heterocycles. The second-order valence-corrected chi connectivity index (χ2v) is 8.34. The molecule has 0 spiro atoms. The van der Waals surface area contributed by atoms with E-state index >= 15 is 0 Å². The summed E-state index contributed by atoms with van der Waals surface area (Å²) in [6, 6.07) is 11.5. The lowest BCUT2D eigenvalue weighted by Gasteiger charge is -2.19. The van der Waals surface area contributed by atoms with Crippen molar-refractivity contribution in [1.82, 2.24) is 25.1 Å². The molecule has 0 bridgehead atoms. The zero-order valence-electron chi connectivity index (χ0n) is 17.9. The van der Waals surface area contributed by atoms with Crippen LogP contribution in [-0.2, 0) is 18.5 Å². The molecule has 8 nitrogen and oxygen atoms in total. The van der Waals surface area contributed by atoms with Crippen LogP contribution in [0.4, 0.5) is 5.82 Å². The molecule has 8 heteroatoms. The van der Waals surface area contributed by atoms with Gasteiger partial charge < -0.3 is 15.1 Å². The lowest BCUT2D eigenvalue weighted by atomic mass is 9.87. The van der Waals surface area contributed by atoms with Crippen LogP contribution in [0.5, 0.6) is 0 Å². The first-order valence-electron chi connectivity index (χ1n) is 10.2. The van der Waals surface area contributed by atoms with Crippen molar-refractivity contribution in [1.29, 1.82) is 0 Å². The standard InChI is InChI=1S/C23H26N6O2/c1-23(2,3)17-8-6-16(7-9-17)22(30)24-10-11-29-21-19(14-28-29)20(26-15-27-21)25-13-18-5-4-12-31-18/h4-9,12,14-15H,10-11,13H2,1-3H3,(H,24,30)(H,25,26,27). The van der Waals surface area contributed by atoms with E-state index in [9.17, 15) is 4.79 Å². The molecule has 4 aromatic rings. The highest BCUT2D eigenvalue weighted by atomic mass is 16.3. The Morgan fingerprint density at radius 2 is 1.94 bits per heavy atom. The van der Waals surface area contributed by atoms with Crippen molar-refractivity contribution < 1.29 is 9.21 Å². The normalized spacial score (nSPS) is 11.6. The highest BCUT2D eigenvalue weighted by molar-refractivity contribution is 5.94. The molecular formula is C23H26N6O2. The Labute approximate surface area is 180 Å². The Morgan fingerprint density at radius 3 is 2.65 bits per heavy atom. The van der Waals surface area contributed by atoms with Crippen LogP contribution in [0.3, 0.4) is 0 Å². The number of carbonyl (C=O) groups excluding carboxylic acids is 1. The zero-order valence-corrected chi connectivity index (χ0v) is 17.9. The Kier molecular flexibility index (Phi) is 5.70. The second-order valence-electron chi connectivity index (χ2n) is 8.34. The summed E-state index contributed by atoms with van der Waals surface area (Å²) in [7, 11) is 0. The number of nitrogens with one attached hydrogen (secondary N) is 2. The molecule has 0 saturated carbocycles. The third-order valence-corrected chi connectivity index (χ3v) is 5.07. The average molecular weight is 419 g/mol. The Balaban J connectivity index is 1.37. The molecule has 1 aromatic carbocycles. The van der Waals surface area contributed by atoms with Gasteiger partial charge in [0.05, 0.1) is 30.9 Å². The van der Waals surface area contributed by atoms with E-state index < -0.39 is 0 Å². The Morgan fingerprint density at radius 1 is 1.13 bits per heavy atom. The largest absolute Gasteiger partial charge is 0.467 e. The van der Waals surface area contributed by atoms with E-state index in [1.165, 1.54) is 11.9 Å². The predicted octanol–water partition coefficient (Wildman–Crippen LogP) is 3.76. The summed E-state index contributed by atoms with van der Waals surface area (Å²) < 4.78 is 7.10.